The Morgan fingerprint density at radius 2 is 1.48 bits per heavy atom. The van der Waals surface area contributed by atoms with E-state index in [0.717, 1.165) is 61.7 Å². The molecule has 4 rings (SSSR count). The molecule has 0 spiro atoms. The lowest BCUT2D eigenvalue weighted by molar-refractivity contribution is 0.0546. The van der Waals surface area contributed by atoms with Crippen LogP contribution in [0.1, 0.15) is 80.8 Å². The van der Waals surface area contributed by atoms with Gasteiger partial charge in [-0.2, -0.15) is 0 Å². The van der Waals surface area contributed by atoms with E-state index in [4.69, 9.17) is 4.74 Å². The molecule has 0 bridgehead atoms. The van der Waals surface area contributed by atoms with Crippen LogP contribution < -0.4 is 4.74 Å². The molecule has 214 valence electrons. The number of carbonyl (C=O) groups excluding carboxylic acids is 1. The van der Waals surface area contributed by atoms with Gasteiger partial charge in [0.1, 0.15) is 5.75 Å². The van der Waals surface area contributed by atoms with Crippen LogP contribution in [-0.2, 0) is 13.0 Å². The summed E-state index contributed by atoms with van der Waals surface area (Å²) in [5.41, 5.74) is 5.62. The third-order valence-electron chi connectivity index (χ3n) is 8.28. The average molecular weight is 541 g/mol. The number of benzene rings is 3. The number of unbranched alkanes of at least 4 members (excludes halogenated alkanes) is 2. The molecule has 0 N–H and O–H groups in total. The maximum Gasteiger partial charge on any atom is 0.254 e. The summed E-state index contributed by atoms with van der Waals surface area (Å²) in [5.74, 6) is 1.74. The first-order chi connectivity index (χ1) is 19.5. The van der Waals surface area contributed by atoms with Gasteiger partial charge in [0.15, 0.2) is 0 Å². The number of nitrogens with zero attached hydrogens (tertiary/aromatic N) is 2. The lowest BCUT2D eigenvalue weighted by Gasteiger charge is -2.39. The minimum Gasteiger partial charge on any atom is -0.497 e. The van der Waals surface area contributed by atoms with E-state index in [1.54, 1.807) is 7.11 Å². The molecular formula is C36H48N2O2. The van der Waals surface area contributed by atoms with Gasteiger partial charge < -0.3 is 14.5 Å². The second kappa shape index (κ2) is 15.0. The van der Waals surface area contributed by atoms with Gasteiger partial charge in [0.25, 0.3) is 5.91 Å². The molecule has 4 nitrogen and oxygen atoms in total. The predicted molar refractivity (Wildman–Crippen MR) is 167 cm³/mol. The fourth-order valence-electron chi connectivity index (χ4n) is 5.60. The van der Waals surface area contributed by atoms with Crippen LogP contribution in [0.25, 0.3) is 11.1 Å². The molecular weight excluding hydrogens is 492 g/mol. The van der Waals surface area contributed by atoms with E-state index in [1.807, 2.05) is 24.3 Å². The van der Waals surface area contributed by atoms with Crippen LogP contribution in [0.5, 0.6) is 5.75 Å². The molecule has 1 aliphatic heterocycles. The Morgan fingerprint density at radius 1 is 0.875 bits per heavy atom. The van der Waals surface area contributed by atoms with Crippen molar-refractivity contribution >= 4 is 5.91 Å². The highest BCUT2D eigenvalue weighted by atomic mass is 16.5. The molecule has 0 unspecified atom stereocenters. The molecule has 1 fully saturated rings. The average Bonchev–Trinajstić information content (AvgIpc) is 3.00. The summed E-state index contributed by atoms with van der Waals surface area (Å²) in [5, 5.41) is 0. The van der Waals surface area contributed by atoms with Crippen molar-refractivity contribution in [2.75, 3.05) is 26.7 Å². The van der Waals surface area contributed by atoms with Crippen molar-refractivity contribution in [3.63, 3.8) is 0 Å². The van der Waals surface area contributed by atoms with E-state index in [1.165, 1.54) is 42.4 Å². The molecule has 1 amide bonds. The van der Waals surface area contributed by atoms with Crippen molar-refractivity contribution < 1.29 is 9.53 Å². The van der Waals surface area contributed by atoms with Crippen molar-refractivity contribution in [2.45, 2.75) is 78.3 Å². The van der Waals surface area contributed by atoms with Crippen LogP contribution >= 0.6 is 0 Å². The van der Waals surface area contributed by atoms with Gasteiger partial charge in [-0.25, -0.2) is 0 Å². The Kier molecular flexibility index (Phi) is 11.2. The number of piperidine rings is 1. The Balaban J connectivity index is 1.48. The number of methoxy groups -OCH3 is 1. The number of carbonyl (C=O) groups is 1. The molecule has 3 aromatic rings. The first-order valence-corrected chi connectivity index (χ1v) is 15.3. The number of rotatable bonds is 13. The summed E-state index contributed by atoms with van der Waals surface area (Å²) in [6, 6.07) is 25.5. The monoisotopic (exact) mass is 540 g/mol. The highest BCUT2D eigenvalue weighted by Gasteiger charge is 2.29. The van der Waals surface area contributed by atoms with Crippen molar-refractivity contribution in [1.82, 2.24) is 9.80 Å². The summed E-state index contributed by atoms with van der Waals surface area (Å²) in [4.78, 5) is 18.7. The number of ether oxygens (including phenoxy) is 1. The highest BCUT2D eigenvalue weighted by Crippen LogP contribution is 2.26. The quantitative estimate of drug-likeness (QED) is 0.205. The van der Waals surface area contributed by atoms with Crippen molar-refractivity contribution in [3.05, 3.63) is 89.5 Å². The molecule has 40 heavy (non-hydrogen) atoms. The van der Waals surface area contributed by atoms with E-state index in [9.17, 15) is 4.79 Å². The minimum absolute atomic E-state index is 0.153. The number of amides is 1. The zero-order chi connectivity index (χ0) is 28.3. The van der Waals surface area contributed by atoms with Crippen LogP contribution in [0.15, 0.2) is 72.8 Å². The van der Waals surface area contributed by atoms with Crippen molar-refractivity contribution in [1.29, 1.82) is 0 Å². The summed E-state index contributed by atoms with van der Waals surface area (Å²) < 4.78 is 5.30. The topological polar surface area (TPSA) is 32.8 Å². The van der Waals surface area contributed by atoms with Gasteiger partial charge in [-0.3, -0.25) is 4.79 Å². The van der Waals surface area contributed by atoms with Gasteiger partial charge in [0.2, 0.25) is 0 Å². The standard InChI is InChI=1S/C36H48N2O2/c1-5-6-7-8-29-9-15-33(16-10-29)36(39)38(34-22-25-37(26-23-34)24-21-28(2)3)27-30-11-13-31(14-12-30)32-17-19-35(40-4)20-18-32/h9-20,28,34H,5-8,21-27H2,1-4H3. The van der Waals surface area contributed by atoms with E-state index in [0.29, 0.717) is 6.54 Å². The molecule has 4 heteroatoms. The van der Waals surface area contributed by atoms with Gasteiger partial charge in [0.05, 0.1) is 7.11 Å². The third-order valence-corrected chi connectivity index (χ3v) is 8.28. The normalized spacial score (nSPS) is 14.4. The minimum atomic E-state index is 0.153. The molecule has 3 aromatic carbocycles. The van der Waals surface area contributed by atoms with Crippen LogP contribution in [0.3, 0.4) is 0 Å². The third kappa shape index (κ3) is 8.44. The molecule has 0 aromatic heterocycles. The molecule has 1 saturated heterocycles. The summed E-state index contributed by atoms with van der Waals surface area (Å²) >= 11 is 0. The number of hydrogen-bond acceptors (Lipinski definition) is 3. The lowest BCUT2D eigenvalue weighted by atomic mass is 9.98. The zero-order valence-corrected chi connectivity index (χ0v) is 25.1. The Bertz CT molecular complexity index is 1160. The van der Waals surface area contributed by atoms with Crippen LogP contribution in [-0.4, -0.2) is 48.5 Å². The zero-order valence-electron chi connectivity index (χ0n) is 25.1. The number of hydrogen-bond donors (Lipinski definition) is 0. The van der Waals surface area contributed by atoms with Crippen molar-refractivity contribution in [2.24, 2.45) is 5.92 Å². The van der Waals surface area contributed by atoms with E-state index < -0.39 is 0 Å². The highest BCUT2D eigenvalue weighted by molar-refractivity contribution is 5.94. The second-order valence-corrected chi connectivity index (χ2v) is 11.8. The van der Waals surface area contributed by atoms with Crippen LogP contribution in [0.2, 0.25) is 0 Å². The summed E-state index contributed by atoms with van der Waals surface area (Å²) in [7, 11) is 1.69. The van der Waals surface area contributed by atoms with E-state index in [2.05, 4.69) is 79.1 Å². The summed E-state index contributed by atoms with van der Waals surface area (Å²) in [6.07, 6.45) is 8.06. The SMILES string of the molecule is CCCCCc1ccc(C(=O)N(Cc2ccc(-c3ccc(OC)cc3)cc2)C2CCN(CCC(C)C)CC2)cc1. The number of aryl methyl sites for hydroxylation is 1. The Labute approximate surface area is 242 Å². The second-order valence-electron chi connectivity index (χ2n) is 11.8. The predicted octanol–water partition coefficient (Wildman–Crippen LogP) is 8.25. The van der Waals surface area contributed by atoms with Gasteiger partial charge in [-0.05, 0) is 91.1 Å². The van der Waals surface area contributed by atoms with Gasteiger partial charge >= 0.3 is 0 Å². The molecule has 1 aliphatic rings. The Hall–Kier alpha value is -3.11. The molecule has 0 saturated carbocycles. The summed E-state index contributed by atoms with van der Waals surface area (Å²) in [6.45, 7) is 10.7. The smallest absolute Gasteiger partial charge is 0.254 e. The van der Waals surface area contributed by atoms with Crippen molar-refractivity contribution in [3.8, 4) is 16.9 Å². The maximum atomic E-state index is 14.0. The molecule has 0 radical (unpaired) electrons. The van der Waals surface area contributed by atoms with Crippen LogP contribution in [0, 0.1) is 5.92 Å². The van der Waals surface area contributed by atoms with E-state index in [-0.39, 0.29) is 11.9 Å². The molecule has 0 aliphatic carbocycles. The van der Waals surface area contributed by atoms with Gasteiger partial charge in [-0.1, -0.05) is 82.1 Å². The number of likely N-dealkylation sites (tertiary alicyclic amines) is 1. The van der Waals surface area contributed by atoms with Gasteiger partial charge in [-0.15, -0.1) is 0 Å². The van der Waals surface area contributed by atoms with E-state index >= 15 is 0 Å². The first-order valence-electron chi connectivity index (χ1n) is 15.3. The lowest BCUT2D eigenvalue weighted by Crippen LogP contribution is -2.47. The molecule has 0 atom stereocenters. The fraction of sp³-hybridized carbons (Fsp3) is 0.472. The maximum absolute atomic E-state index is 14.0. The first kappa shape index (κ1) is 29.9. The Morgan fingerprint density at radius 3 is 2.05 bits per heavy atom. The van der Waals surface area contributed by atoms with Crippen LogP contribution in [0.4, 0.5) is 0 Å². The fourth-order valence-corrected chi connectivity index (χ4v) is 5.60. The van der Waals surface area contributed by atoms with Gasteiger partial charge in [0, 0.05) is 31.2 Å². The largest absolute Gasteiger partial charge is 0.497 e. The molecule has 1 heterocycles.